The lowest BCUT2D eigenvalue weighted by Crippen LogP contribution is -2.49. The molecule has 1 rings (SSSR count). The van der Waals surface area contributed by atoms with Gasteiger partial charge < -0.3 is 15.3 Å². The van der Waals surface area contributed by atoms with Crippen molar-refractivity contribution in [1.29, 1.82) is 0 Å². The van der Waals surface area contributed by atoms with E-state index in [0.717, 1.165) is 11.8 Å². The molecule has 0 aromatic rings. The molecule has 0 amide bonds. The fourth-order valence-electron chi connectivity index (χ4n) is 2.83. The number of likely N-dealkylation sites (N-methyl/N-ethyl adjacent to an activating group) is 1. The van der Waals surface area contributed by atoms with Crippen LogP contribution in [0.2, 0.25) is 0 Å². The van der Waals surface area contributed by atoms with Crippen molar-refractivity contribution in [2.24, 2.45) is 11.8 Å². The molecule has 4 atom stereocenters. The Morgan fingerprint density at radius 2 is 1.88 bits per heavy atom. The standard InChI is InChI=1S/C14H30N2O/c1-11-6-7-13(8-12(11)2)15-9-14(3,17)10-16(4)5/h11-13,15,17H,6-10H2,1-5H3/t11-,12+,13+,14-/m1/s1. The van der Waals surface area contributed by atoms with Crippen molar-refractivity contribution in [1.82, 2.24) is 10.2 Å². The molecule has 1 aliphatic rings. The highest BCUT2D eigenvalue weighted by atomic mass is 16.3. The van der Waals surface area contributed by atoms with E-state index in [9.17, 15) is 5.11 Å². The Kier molecular flexibility index (Phi) is 5.42. The first-order valence-corrected chi connectivity index (χ1v) is 6.90. The summed E-state index contributed by atoms with van der Waals surface area (Å²) in [6.07, 6.45) is 3.82. The summed E-state index contributed by atoms with van der Waals surface area (Å²) in [5.41, 5.74) is -0.629. The van der Waals surface area contributed by atoms with E-state index in [1.807, 2.05) is 25.9 Å². The Morgan fingerprint density at radius 1 is 1.24 bits per heavy atom. The minimum Gasteiger partial charge on any atom is -0.388 e. The molecule has 0 aromatic heterocycles. The highest BCUT2D eigenvalue weighted by Crippen LogP contribution is 2.29. The average Bonchev–Trinajstić information content (AvgIpc) is 2.18. The van der Waals surface area contributed by atoms with Crippen molar-refractivity contribution in [3.05, 3.63) is 0 Å². The zero-order chi connectivity index (χ0) is 13.1. The molecular weight excluding hydrogens is 212 g/mol. The van der Waals surface area contributed by atoms with Crippen molar-refractivity contribution >= 4 is 0 Å². The van der Waals surface area contributed by atoms with Crippen LogP contribution >= 0.6 is 0 Å². The lowest BCUT2D eigenvalue weighted by atomic mass is 9.79. The molecule has 1 saturated carbocycles. The van der Waals surface area contributed by atoms with Crippen molar-refractivity contribution < 1.29 is 5.11 Å². The van der Waals surface area contributed by atoms with Crippen LogP contribution in [0.15, 0.2) is 0 Å². The van der Waals surface area contributed by atoms with Gasteiger partial charge in [-0.2, -0.15) is 0 Å². The number of nitrogens with one attached hydrogen (secondary N) is 1. The van der Waals surface area contributed by atoms with Gasteiger partial charge in [0.2, 0.25) is 0 Å². The molecule has 102 valence electrons. The Morgan fingerprint density at radius 3 is 2.41 bits per heavy atom. The van der Waals surface area contributed by atoms with Gasteiger partial charge in [-0.1, -0.05) is 13.8 Å². The van der Waals surface area contributed by atoms with Crippen LogP contribution in [0.4, 0.5) is 0 Å². The van der Waals surface area contributed by atoms with E-state index in [-0.39, 0.29) is 0 Å². The van der Waals surface area contributed by atoms with Gasteiger partial charge in [-0.25, -0.2) is 0 Å². The van der Waals surface area contributed by atoms with E-state index in [0.29, 0.717) is 19.1 Å². The van der Waals surface area contributed by atoms with Gasteiger partial charge >= 0.3 is 0 Å². The van der Waals surface area contributed by atoms with Gasteiger partial charge in [-0.3, -0.25) is 0 Å². The SMILES string of the molecule is C[C@@H]1CC[C@H](NC[C@@](C)(O)CN(C)C)C[C@@H]1C. The van der Waals surface area contributed by atoms with Gasteiger partial charge in [0.05, 0.1) is 5.60 Å². The monoisotopic (exact) mass is 242 g/mol. The molecule has 1 aliphatic carbocycles. The van der Waals surface area contributed by atoms with Crippen LogP contribution in [-0.4, -0.2) is 48.8 Å². The van der Waals surface area contributed by atoms with Gasteiger partial charge in [-0.15, -0.1) is 0 Å². The van der Waals surface area contributed by atoms with Gasteiger partial charge in [0.1, 0.15) is 0 Å². The largest absolute Gasteiger partial charge is 0.388 e. The Labute approximate surface area is 107 Å². The summed E-state index contributed by atoms with van der Waals surface area (Å²) < 4.78 is 0. The first kappa shape index (κ1) is 14.9. The molecule has 0 aliphatic heterocycles. The summed E-state index contributed by atoms with van der Waals surface area (Å²) in [5.74, 6) is 1.66. The van der Waals surface area contributed by atoms with Gasteiger partial charge in [0.15, 0.2) is 0 Å². The zero-order valence-electron chi connectivity index (χ0n) is 12.2. The first-order valence-electron chi connectivity index (χ1n) is 6.90. The number of hydrogen-bond acceptors (Lipinski definition) is 3. The molecule has 0 bridgehead atoms. The predicted molar refractivity (Wildman–Crippen MR) is 73.1 cm³/mol. The highest BCUT2D eigenvalue weighted by molar-refractivity contribution is 4.84. The molecule has 2 N–H and O–H groups in total. The van der Waals surface area contributed by atoms with Crippen LogP contribution < -0.4 is 5.32 Å². The summed E-state index contributed by atoms with van der Waals surface area (Å²) in [7, 11) is 4.00. The lowest BCUT2D eigenvalue weighted by Gasteiger charge is -2.35. The van der Waals surface area contributed by atoms with Crippen molar-refractivity contribution in [2.75, 3.05) is 27.2 Å². The minimum atomic E-state index is -0.629. The second-order valence-corrected chi connectivity index (χ2v) is 6.58. The van der Waals surface area contributed by atoms with Crippen LogP contribution in [0.1, 0.15) is 40.0 Å². The molecule has 0 heterocycles. The van der Waals surface area contributed by atoms with Gasteiger partial charge in [0.25, 0.3) is 0 Å². The summed E-state index contributed by atoms with van der Waals surface area (Å²) in [6, 6.07) is 0.592. The van der Waals surface area contributed by atoms with E-state index in [4.69, 9.17) is 0 Å². The Balaban J connectivity index is 2.31. The molecule has 0 spiro atoms. The molecule has 0 radical (unpaired) electrons. The maximum atomic E-state index is 10.2. The number of aliphatic hydroxyl groups is 1. The van der Waals surface area contributed by atoms with Crippen LogP contribution in [0.25, 0.3) is 0 Å². The van der Waals surface area contributed by atoms with E-state index in [2.05, 4.69) is 19.2 Å². The molecule has 0 saturated heterocycles. The number of nitrogens with zero attached hydrogens (tertiary/aromatic N) is 1. The topological polar surface area (TPSA) is 35.5 Å². The normalized spacial score (nSPS) is 33.7. The van der Waals surface area contributed by atoms with Gasteiger partial charge in [-0.05, 0) is 52.1 Å². The van der Waals surface area contributed by atoms with Gasteiger partial charge in [0, 0.05) is 19.1 Å². The van der Waals surface area contributed by atoms with Crippen molar-refractivity contribution in [3.63, 3.8) is 0 Å². The third-order valence-electron chi connectivity index (χ3n) is 4.03. The molecule has 1 fully saturated rings. The first-order chi connectivity index (χ1) is 7.80. The molecule has 3 nitrogen and oxygen atoms in total. The van der Waals surface area contributed by atoms with E-state index in [1.165, 1.54) is 19.3 Å². The maximum absolute atomic E-state index is 10.2. The summed E-state index contributed by atoms with van der Waals surface area (Å²) in [5, 5.41) is 13.8. The van der Waals surface area contributed by atoms with Crippen LogP contribution in [0.5, 0.6) is 0 Å². The van der Waals surface area contributed by atoms with Crippen molar-refractivity contribution in [2.45, 2.75) is 51.7 Å². The molecule has 0 aromatic carbocycles. The second-order valence-electron chi connectivity index (χ2n) is 6.58. The lowest BCUT2D eigenvalue weighted by molar-refractivity contribution is 0.0285. The summed E-state index contributed by atoms with van der Waals surface area (Å²) in [4.78, 5) is 2.03. The quantitative estimate of drug-likeness (QED) is 0.770. The van der Waals surface area contributed by atoms with E-state index in [1.54, 1.807) is 0 Å². The number of hydrogen-bond donors (Lipinski definition) is 2. The maximum Gasteiger partial charge on any atom is 0.0869 e. The third-order valence-corrected chi connectivity index (χ3v) is 4.03. The molecule has 3 heteroatoms. The van der Waals surface area contributed by atoms with Crippen molar-refractivity contribution in [3.8, 4) is 0 Å². The Hall–Kier alpha value is -0.120. The predicted octanol–water partition coefficient (Wildman–Crippen LogP) is 1.71. The van der Waals surface area contributed by atoms with E-state index >= 15 is 0 Å². The Bertz CT molecular complexity index is 228. The third kappa shape index (κ3) is 5.36. The molecular formula is C14H30N2O. The van der Waals surface area contributed by atoms with E-state index < -0.39 is 5.60 Å². The zero-order valence-corrected chi connectivity index (χ0v) is 12.2. The number of rotatable bonds is 5. The summed E-state index contributed by atoms with van der Waals surface area (Å²) >= 11 is 0. The minimum absolute atomic E-state index is 0.592. The second kappa shape index (κ2) is 6.17. The van der Waals surface area contributed by atoms with Crippen LogP contribution in [-0.2, 0) is 0 Å². The summed E-state index contributed by atoms with van der Waals surface area (Å²) in [6.45, 7) is 8.00. The smallest absolute Gasteiger partial charge is 0.0869 e. The highest BCUT2D eigenvalue weighted by Gasteiger charge is 2.27. The molecule has 17 heavy (non-hydrogen) atoms. The fourth-order valence-corrected chi connectivity index (χ4v) is 2.83. The average molecular weight is 242 g/mol. The van der Waals surface area contributed by atoms with Crippen LogP contribution in [0, 0.1) is 11.8 Å². The fraction of sp³-hybridized carbons (Fsp3) is 1.00. The molecule has 0 unspecified atom stereocenters. The van der Waals surface area contributed by atoms with Crippen LogP contribution in [0.3, 0.4) is 0 Å².